The predicted octanol–water partition coefficient (Wildman–Crippen LogP) is 3.39. The highest BCUT2D eigenvalue weighted by molar-refractivity contribution is 9.10. The van der Waals surface area contributed by atoms with Crippen molar-refractivity contribution in [3.05, 3.63) is 46.7 Å². The minimum Gasteiger partial charge on any atom is -0.207 e. The molecule has 2 aromatic carbocycles. The Labute approximate surface area is 110 Å². The largest absolute Gasteiger partial charge is 0.207 e. The van der Waals surface area contributed by atoms with Crippen LogP contribution in [0.3, 0.4) is 0 Å². The molecule has 0 bridgehead atoms. The van der Waals surface area contributed by atoms with Gasteiger partial charge in [-0.15, -0.1) is 0 Å². The maximum absolute atomic E-state index is 13.4. The van der Waals surface area contributed by atoms with Crippen molar-refractivity contribution in [1.82, 2.24) is 0 Å². The number of rotatable bonds is 0. The van der Waals surface area contributed by atoms with Crippen LogP contribution in [0, 0.1) is 5.82 Å². The molecule has 86 valence electrons. The van der Waals surface area contributed by atoms with E-state index in [1.165, 1.54) is 15.9 Å². The lowest BCUT2D eigenvalue weighted by molar-refractivity contribution is 0.629. The van der Waals surface area contributed by atoms with Gasteiger partial charge in [0, 0.05) is 4.47 Å². The number of halogens is 2. The summed E-state index contributed by atoms with van der Waals surface area (Å²) in [7, 11) is -1.63. The molecule has 0 nitrogen and oxygen atoms in total. The molecule has 0 radical (unpaired) electrons. The monoisotopic (exact) mass is 306 g/mol. The molecule has 0 saturated carbocycles. The molecular weight excluding hydrogens is 295 g/mol. The van der Waals surface area contributed by atoms with Gasteiger partial charge in [-0.05, 0) is 39.7 Å². The Balaban J connectivity index is 2.44. The van der Waals surface area contributed by atoms with Crippen molar-refractivity contribution in [1.29, 1.82) is 0 Å². The van der Waals surface area contributed by atoms with Gasteiger partial charge in [-0.25, -0.2) is 4.39 Å². The highest BCUT2D eigenvalue weighted by Crippen LogP contribution is 2.33. The molecule has 1 aliphatic rings. The van der Waals surface area contributed by atoms with Crippen LogP contribution in [0.2, 0.25) is 13.1 Å². The molecular formula is C14H12BrFSi. The Morgan fingerprint density at radius 2 is 1.82 bits per heavy atom. The summed E-state index contributed by atoms with van der Waals surface area (Å²) in [5.74, 6) is -0.155. The molecule has 0 saturated heterocycles. The summed E-state index contributed by atoms with van der Waals surface area (Å²) in [6.07, 6.45) is 0. The third kappa shape index (κ3) is 1.45. The van der Waals surface area contributed by atoms with Crippen molar-refractivity contribution >= 4 is 34.4 Å². The van der Waals surface area contributed by atoms with E-state index in [9.17, 15) is 4.39 Å². The van der Waals surface area contributed by atoms with Gasteiger partial charge in [0.25, 0.3) is 0 Å². The van der Waals surface area contributed by atoms with Crippen LogP contribution in [-0.2, 0) is 0 Å². The lowest BCUT2D eigenvalue weighted by Crippen LogP contribution is -2.49. The summed E-state index contributed by atoms with van der Waals surface area (Å²) < 4.78 is 14.5. The molecule has 2 aromatic rings. The Hall–Kier alpha value is -0.933. The van der Waals surface area contributed by atoms with Gasteiger partial charge < -0.3 is 0 Å². The van der Waals surface area contributed by atoms with E-state index in [0.717, 1.165) is 10.0 Å². The van der Waals surface area contributed by atoms with Crippen molar-refractivity contribution in [2.45, 2.75) is 13.1 Å². The molecule has 0 spiro atoms. The average Bonchev–Trinajstić information content (AvgIpc) is 2.49. The van der Waals surface area contributed by atoms with Crippen molar-refractivity contribution in [2.24, 2.45) is 0 Å². The predicted molar refractivity (Wildman–Crippen MR) is 76.3 cm³/mol. The number of hydrogen-bond donors (Lipinski definition) is 0. The topological polar surface area (TPSA) is 0 Å². The molecule has 17 heavy (non-hydrogen) atoms. The summed E-state index contributed by atoms with van der Waals surface area (Å²) in [4.78, 5) is 0. The first-order valence-electron chi connectivity index (χ1n) is 5.61. The van der Waals surface area contributed by atoms with E-state index in [-0.39, 0.29) is 5.82 Å². The van der Waals surface area contributed by atoms with Gasteiger partial charge in [0.05, 0.1) is 0 Å². The average molecular weight is 307 g/mol. The Bertz CT molecular complexity index is 620. The summed E-state index contributed by atoms with van der Waals surface area (Å²) in [5, 5.41) is 2.73. The van der Waals surface area contributed by atoms with Crippen LogP contribution in [0.5, 0.6) is 0 Å². The van der Waals surface area contributed by atoms with Crippen LogP contribution in [0.4, 0.5) is 4.39 Å². The molecule has 1 aliphatic heterocycles. The van der Waals surface area contributed by atoms with Crippen LogP contribution in [-0.4, -0.2) is 8.07 Å². The second kappa shape index (κ2) is 3.53. The highest BCUT2D eigenvalue weighted by Gasteiger charge is 2.38. The maximum Gasteiger partial charge on any atom is 0.123 e. The molecule has 1 heterocycles. The van der Waals surface area contributed by atoms with Crippen LogP contribution in [0.25, 0.3) is 11.1 Å². The second-order valence-corrected chi connectivity index (χ2v) is 10.2. The second-order valence-electron chi connectivity index (χ2n) is 4.98. The van der Waals surface area contributed by atoms with Crippen LogP contribution >= 0.6 is 15.9 Å². The summed E-state index contributed by atoms with van der Waals surface area (Å²) in [6, 6.07) is 11.5. The van der Waals surface area contributed by atoms with Crippen LogP contribution in [0.1, 0.15) is 0 Å². The summed E-state index contributed by atoms with van der Waals surface area (Å²) in [6.45, 7) is 4.64. The third-order valence-electron chi connectivity index (χ3n) is 3.61. The molecule has 0 unspecified atom stereocenters. The first-order chi connectivity index (χ1) is 8.01. The normalized spacial score (nSPS) is 15.5. The molecule has 0 fully saturated rings. The SMILES string of the molecule is C[Si]1(C)c2ccc(F)cc2-c2c(Br)cccc21. The summed E-state index contributed by atoms with van der Waals surface area (Å²) in [5.41, 5.74) is 2.27. The summed E-state index contributed by atoms with van der Waals surface area (Å²) >= 11 is 3.59. The first kappa shape index (κ1) is 11.2. The van der Waals surface area contributed by atoms with Gasteiger partial charge in [-0.1, -0.05) is 47.2 Å². The van der Waals surface area contributed by atoms with Crippen molar-refractivity contribution < 1.29 is 4.39 Å². The van der Waals surface area contributed by atoms with Gasteiger partial charge >= 0.3 is 0 Å². The fourth-order valence-corrected chi connectivity index (χ4v) is 6.56. The lowest BCUT2D eigenvalue weighted by atomic mass is 10.1. The van der Waals surface area contributed by atoms with Crippen molar-refractivity contribution in [2.75, 3.05) is 0 Å². The third-order valence-corrected chi connectivity index (χ3v) is 7.82. The van der Waals surface area contributed by atoms with Crippen molar-refractivity contribution in [3.63, 3.8) is 0 Å². The Morgan fingerprint density at radius 1 is 1.06 bits per heavy atom. The quantitative estimate of drug-likeness (QED) is 0.655. The van der Waals surface area contributed by atoms with E-state index < -0.39 is 8.07 Å². The molecule has 0 amide bonds. The molecule has 0 aromatic heterocycles. The molecule has 3 rings (SSSR count). The van der Waals surface area contributed by atoms with Crippen LogP contribution in [0.15, 0.2) is 40.9 Å². The fraction of sp³-hybridized carbons (Fsp3) is 0.143. The zero-order valence-corrected chi connectivity index (χ0v) is 12.3. The standard InChI is InChI=1S/C14H12BrFSi/c1-17(2)12-7-6-9(16)8-10(12)14-11(15)4-3-5-13(14)17/h3-8H,1-2H3. The molecule has 0 N–H and O–H groups in total. The highest BCUT2D eigenvalue weighted by atomic mass is 79.9. The van der Waals surface area contributed by atoms with Gasteiger partial charge in [0.1, 0.15) is 13.9 Å². The van der Waals surface area contributed by atoms with E-state index in [1.807, 2.05) is 12.1 Å². The fourth-order valence-electron chi connectivity index (χ4n) is 2.73. The number of benzene rings is 2. The van der Waals surface area contributed by atoms with E-state index in [1.54, 1.807) is 12.1 Å². The van der Waals surface area contributed by atoms with E-state index >= 15 is 0 Å². The van der Waals surface area contributed by atoms with Gasteiger partial charge in [-0.2, -0.15) is 0 Å². The van der Waals surface area contributed by atoms with E-state index in [0.29, 0.717) is 0 Å². The van der Waals surface area contributed by atoms with E-state index in [4.69, 9.17) is 0 Å². The van der Waals surface area contributed by atoms with Crippen molar-refractivity contribution in [3.8, 4) is 11.1 Å². The van der Waals surface area contributed by atoms with Gasteiger partial charge in [-0.3, -0.25) is 0 Å². The zero-order valence-electron chi connectivity index (χ0n) is 9.72. The first-order valence-corrected chi connectivity index (χ1v) is 9.40. The molecule has 3 heteroatoms. The van der Waals surface area contributed by atoms with Crippen LogP contribution < -0.4 is 10.4 Å². The molecule has 0 aliphatic carbocycles. The molecule has 0 atom stereocenters. The zero-order chi connectivity index (χ0) is 12.2. The minimum absolute atomic E-state index is 0.155. The number of fused-ring (bicyclic) bond motifs is 3. The maximum atomic E-state index is 13.4. The Morgan fingerprint density at radius 3 is 2.59 bits per heavy atom. The van der Waals surface area contributed by atoms with E-state index in [2.05, 4.69) is 41.2 Å². The van der Waals surface area contributed by atoms with Gasteiger partial charge in [0.15, 0.2) is 0 Å². The Kier molecular flexibility index (Phi) is 2.32. The lowest BCUT2D eigenvalue weighted by Gasteiger charge is -2.18. The smallest absolute Gasteiger partial charge is 0.123 e. The minimum atomic E-state index is -1.63. The number of hydrogen-bond acceptors (Lipinski definition) is 0. The van der Waals surface area contributed by atoms with Gasteiger partial charge in [0.2, 0.25) is 0 Å².